The minimum atomic E-state index is 0.0369. The normalized spacial score (nSPS) is 22.3. The molecule has 2 amide bonds. The molecule has 0 aliphatic heterocycles. The van der Waals surface area contributed by atoms with Gasteiger partial charge in [-0.2, -0.15) is 0 Å². The fraction of sp³-hybridized carbons (Fsp3) is 0.857. The summed E-state index contributed by atoms with van der Waals surface area (Å²) in [4.78, 5) is 23.8. The molecule has 0 radical (unpaired) electrons. The molecule has 0 atom stereocenters. The molecule has 6 nitrogen and oxygen atoms in total. The SMILES string of the molecule is COCCNC(=O)C1CCC(C(=O)NCCOC)CC1. The van der Waals surface area contributed by atoms with Crippen molar-refractivity contribution >= 4 is 11.8 Å². The van der Waals surface area contributed by atoms with Crippen molar-refractivity contribution in [3.63, 3.8) is 0 Å². The van der Waals surface area contributed by atoms with Crippen LogP contribution in [0.15, 0.2) is 0 Å². The summed E-state index contributed by atoms with van der Waals surface area (Å²) in [6.07, 6.45) is 3.12. The zero-order valence-corrected chi connectivity index (χ0v) is 12.4. The topological polar surface area (TPSA) is 76.7 Å². The van der Waals surface area contributed by atoms with E-state index in [1.54, 1.807) is 14.2 Å². The van der Waals surface area contributed by atoms with E-state index in [2.05, 4.69) is 10.6 Å². The van der Waals surface area contributed by atoms with Crippen LogP contribution in [0.2, 0.25) is 0 Å². The van der Waals surface area contributed by atoms with E-state index in [9.17, 15) is 9.59 Å². The number of hydrogen-bond acceptors (Lipinski definition) is 4. The number of rotatable bonds is 8. The second-order valence-corrected chi connectivity index (χ2v) is 5.12. The van der Waals surface area contributed by atoms with Crippen LogP contribution in [0.5, 0.6) is 0 Å². The Morgan fingerprint density at radius 3 is 1.50 bits per heavy atom. The van der Waals surface area contributed by atoms with E-state index < -0.39 is 0 Å². The smallest absolute Gasteiger partial charge is 0.223 e. The number of nitrogens with one attached hydrogen (secondary N) is 2. The van der Waals surface area contributed by atoms with Gasteiger partial charge in [-0.3, -0.25) is 9.59 Å². The third-order valence-corrected chi connectivity index (χ3v) is 3.68. The summed E-state index contributed by atoms with van der Waals surface area (Å²) in [7, 11) is 3.22. The average molecular weight is 286 g/mol. The van der Waals surface area contributed by atoms with Crippen LogP contribution in [-0.2, 0) is 19.1 Å². The molecule has 116 valence electrons. The third-order valence-electron chi connectivity index (χ3n) is 3.68. The summed E-state index contributed by atoms with van der Waals surface area (Å²) in [6.45, 7) is 2.16. The van der Waals surface area contributed by atoms with Crippen molar-refractivity contribution in [2.75, 3.05) is 40.5 Å². The zero-order valence-electron chi connectivity index (χ0n) is 12.4. The Morgan fingerprint density at radius 1 is 0.850 bits per heavy atom. The molecule has 0 aromatic heterocycles. The van der Waals surface area contributed by atoms with Crippen LogP contribution in [0.3, 0.4) is 0 Å². The molecule has 1 fully saturated rings. The number of ether oxygens (including phenoxy) is 2. The summed E-state index contributed by atoms with van der Waals surface area (Å²) in [5.41, 5.74) is 0. The quantitative estimate of drug-likeness (QED) is 0.630. The Labute approximate surface area is 120 Å². The first-order chi connectivity index (χ1) is 9.69. The van der Waals surface area contributed by atoms with Crippen molar-refractivity contribution in [2.24, 2.45) is 11.8 Å². The van der Waals surface area contributed by atoms with Gasteiger partial charge in [0.25, 0.3) is 0 Å². The monoisotopic (exact) mass is 286 g/mol. The van der Waals surface area contributed by atoms with Gasteiger partial charge in [0.15, 0.2) is 0 Å². The number of carbonyl (C=O) groups is 2. The standard InChI is InChI=1S/C14H26N2O4/c1-19-9-7-15-13(17)11-3-5-12(6-4-11)14(18)16-8-10-20-2/h11-12H,3-10H2,1-2H3,(H,15,17)(H,16,18). The highest BCUT2D eigenvalue weighted by molar-refractivity contribution is 5.81. The van der Waals surface area contributed by atoms with Crippen molar-refractivity contribution in [1.29, 1.82) is 0 Å². The summed E-state index contributed by atoms with van der Waals surface area (Å²) >= 11 is 0. The fourth-order valence-corrected chi connectivity index (χ4v) is 2.46. The van der Waals surface area contributed by atoms with Crippen LogP contribution >= 0.6 is 0 Å². The second-order valence-electron chi connectivity index (χ2n) is 5.12. The first kappa shape index (κ1) is 16.9. The lowest BCUT2D eigenvalue weighted by Gasteiger charge is -2.27. The highest BCUT2D eigenvalue weighted by Gasteiger charge is 2.29. The largest absolute Gasteiger partial charge is 0.383 e. The maximum absolute atomic E-state index is 11.9. The molecule has 0 aromatic rings. The van der Waals surface area contributed by atoms with Crippen molar-refractivity contribution in [1.82, 2.24) is 10.6 Å². The third kappa shape index (κ3) is 5.88. The van der Waals surface area contributed by atoms with Crippen LogP contribution in [0.1, 0.15) is 25.7 Å². The number of hydrogen-bond donors (Lipinski definition) is 2. The van der Waals surface area contributed by atoms with Gasteiger partial charge in [-0.25, -0.2) is 0 Å². The first-order valence-electron chi connectivity index (χ1n) is 7.22. The maximum atomic E-state index is 11.9. The molecule has 1 saturated carbocycles. The van der Waals surface area contributed by atoms with Crippen molar-refractivity contribution in [2.45, 2.75) is 25.7 Å². The highest BCUT2D eigenvalue weighted by atomic mass is 16.5. The zero-order chi connectivity index (χ0) is 14.8. The predicted octanol–water partition coefficient (Wildman–Crippen LogP) is 0.318. The molecular formula is C14H26N2O4. The summed E-state index contributed by atoms with van der Waals surface area (Å²) in [5.74, 6) is 0.241. The average Bonchev–Trinajstić information content (AvgIpc) is 2.47. The number of carbonyl (C=O) groups excluding carboxylic acids is 2. The molecule has 1 aliphatic carbocycles. The molecule has 20 heavy (non-hydrogen) atoms. The lowest BCUT2D eigenvalue weighted by molar-refractivity contribution is -0.130. The molecule has 0 unspecified atom stereocenters. The molecule has 6 heteroatoms. The molecule has 1 rings (SSSR count). The van der Waals surface area contributed by atoms with E-state index in [-0.39, 0.29) is 23.7 Å². The van der Waals surface area contributed by atoms with E-state index in [4.69, 9.17) is 9.47 Å². The van der Waals surface area contributed by atoms with Crippen LogP contribution < -0.4 is 10.6 Å². The van der Waals surface area contributed by atoms with E-state index >= 15 is 0 Å². The fourth-order valence-electron chi connectivity index (χ4n) is 2.46. The van der Waals surface area contributed by atoms with Crippen molar-refractivity contribution in [3.05, 3.63) is 0 Å². The molecule has 0 heterocycles. The van der Waals surface area contributed by atoms with Gasteiger partial charge in [-0.15, -0.1) is 0 Å². The minimum absolute atomic E-state index is 0.0369. The Hall–Kier alpha value is -1.14. The molecule has 1 aliphatic rings. The molecule has 0 bridgehead atoms. The Kier molecular flexibility index (Phi) is 8.22. The van der Waals surface area contributed by atoms with Gasteiger partial charge in [-0.1, -0.05) is 0 Å². The Morgan fingerprint density at radius 2 is 1.20 bits per heavy atom. The maximum Gasteiger partial charge on any atom is 0.223 e. The van der Waals surface area contributed by atoms with Crippen LogP contribution in [0, 0.1) is 11.8 Å². The summed E-state index contributed by atoms with van der Waals surface area (Å²) in [5, 5.41) is 5.72. The van der Waals surface area contributed by atoms with Gasteiger partial charge in [0.1, 0.15) is 0 Å². The van der Waals surface area contributed by atoms with Crippen molar-refractivity contribution < 1.29 is 19.1 Å². The molecule has 2 N–H and O–H groups in total. The Balaban J connectivity index is 2.21. The minimum Gasteiger partial charge on any atom is -0.383 e. The predicted molar refractivity (Wildman–Crippen MR) is 75.2 cm³/mol. The van der Waals surface area contributed by atoms with Crippen LogP contribution in [0.25, 0.3) is 0 Å². The van der Waals surface area contributed by atoms with Crippen molar-refractivity contribution in [3.8, 4) is 0 Å². The van der Waals surface area contributed by atoms with Gasteiger partial charge < -0.3 is 20.1 Å². The summed E-state index contributed by atoms with van der Waals surface area (Å²) in [6, 6.07) is 0. The summed E-state index contributed by atoms with van der Waals surface area (Å²) < 4.78 is 9.79. The van der Waals surface area contributed by atoms with Gasteiger partial charge >= 0.3 is 0 Å². The molecule has 0 saturated heterocycles. The lowest BCUT2D eigenvalue weighted by Crippen LogP contribution is -2.39. The second kappa shape index (κ2) is 9.72. The molecular weight excluding hydrogens is 260 g/mol. The van der Waals surface area contributed by atoms with E-state index in [0.29, 0.717) is 26.3 Å². The first-order valence-corrected chi connectivity index (χ1v) is 7.22. The number of amides is 2. The van der Waals surface area contributed by atoms with Gasteiger partial charge in [0.05, 0.1) is 13.2 Å². The molecule has 0 spiro atoms. The number of methoxy groups -OCH3 is 2. The van der Waals surface area contributed by atoms with E-state index in [0.717, 1.165) is 25.7 Å². The van der Waals surface area contributed by atoms with Gasteiger partial charge in [0.2, 0.25) is 11.8 Å². The highest BCUT2D eigenvalue weighted by Crippen LogP contribution is 2.28. The van der Waals surface area contributed by atoms with Crippen LogP contribution in [-0.4, -0.2) is 52.3 Å². The van der Waals surface area contributed by atoms with Gasteiger partial charge in [0, 0.05) is 39.1 Å². The van der Waals surface area contributed by atoms with E-state index in [1.807, 2.05) is 0 Å². The van der Waals surface area contributed by atoms with E-state index in [1.165, 1.54) is 0 Å². The molecule has 0 aromatic carbocycles. The van der Waals surface area contributed by atoms with Crippen LogP contribution in [0.4, 0.5) is 0 Å². The lowest BCUT2D eigenvalue weighted by atomic mass is 9.81. The Bertz CT molecular complexity index is 272. The van der Waals surface area contributed by atoms with Gasteiger partial charge in [-0.05, 0) is 25.7 Å².